The largest absolute Gasteiger partial charge is 0.465 e. The van der Waals surface area contributed by atoms with Crippen molar-refractivity contribution in [3.63, 3.8) is 0 Å². The maximum absolute atomic E-state index is 12.5. The van der Waals surface area contributed by atoms with E-state index in [0.717, 1.165) is 18.1 Å². The van der Waals surface area contributed by atoms with E-state index in [1.165, 1.54) is 7.11 Å². The van der Waals surface area contributed by atoms with Crippen molar-refractivity contribution in [3.8, 4) is 0 Å². The lowest BCUT2D eigenvalue weighted by Gasteiger charge is -2.22. The van der Waals surface area contributed by atoms with Crippen LogP contribution in [0.25, 0.3) is 0 Å². The minimum absolute atomic E-state index is 0.271. The lowest BCUT2D eigenvalue weighted by Crippen LogP contribution is -2.18. The molecule has 0 aliphatic rings. The molecule has 6 heteroatoms. The van der Waals surface area contributed by atoms with Crippen LogP contribution in [0, 0.1) is 0 Å². The van der Waals surface area contributed by atoms with E-state index in [-0.39, 0.29) is 5.91 Å². The number of benzene rings is 2. The molecule has 0 fully saturated rings. The van der Waals surface area contributed by atoms with Crippen molar-refractivity contribution in [2.45, 2.75) is 6.92 Å². The third-order valence-corrected chi connectivity index (χ3v) is 4.23. The summed E-state index contributed by atoms with van der Waals surface area (Å²) in [7, 11) is 1.33. The van der Waals surface area contributed by atoms with E-state index < -0.39 is 5.97 Å². The number of hydrogen-bond acceptors (Lipinski definition) is 5. The number of pyridine rings is 1. The molecule has 1 N–H and O–H groups in total. The maximum atomic E-state index is 12.5. The van der Waals surface area contributed by atoms with E-state index >= 15 is 0 Å². The van der Waals surface area contributed by atoms with Gasteiger partial charge in [-0.15, -0.1) is 0 Å². The predicted octanol–water partition coefficient (Wildman–Crippen LogP) is 4.28. The molecule has 0 saturated heterocycles. The Balaban J connectivity index is 1.70. The zero-order chi connectivity index (χ0) is 19.9. The first kappa shape index (κ1) is 19.1. The minimum atomic E-state index is -0.420. The quantitative estimate of drug-likeness (QED) is 0.651. The molecule has 2 aromatic carbocycles. The van der Waals surface area contributed by atoms with Crippen LogP contribution in [0.15, 0.2) is 72.9 Å². The highest BCUT2D eigenvalue weighted by atomic mass is 16.5. The Hall–Kier alpha value is -3.67. The maximum Gasteiger partial charge on any atom is 0.337 e. The summed E-state index contributed by atoms with van der Waals surface area (Å²) in [5.74, 6) is 0.0804. The van der Waals surface area contributed by atoms with Crippen molar-refractivity contribution in [1.29, 1.82) is 0 Å². The van der Waals surface area contributed by atoms with Crippen molar-refractivity contribution >= 4 is 29.1 Å². The summed E-state index contributed by atoms with van der Waals surface area (Å²) in [6.07, 6.45) is 1.55. The summed E-state index contributed by atoms with van der Waals surface area (Å²) < 4.78 is 4.66. The molecule has 142 valence electrons. The zero-order valence-corrected chi connectivity index (χ0v) is 15.8. The van der Waals surface area contributed by atoms with Gasteiger partial charge in [-0.1, -0.05) is 18.2 Å². The molecule has 0 saturated carbocycles. The second kappa shape index (κ2) is 8.81. The Bertz CT molecular complexity index is 939. The van der Waals surface area contributed by atoms with E-state index in [2.05, 4.69) is 19.9 Å². The number of anilines is 3. The van der Waals surface area contributed by atoms with Gasteiger partial charge in [0.25, 0.3) is 5.91 Å². The molecular weight excluding hydrogens is 354 g/mol. The Morgan fingerprint density at radius 1 is 0.964 bits per heavy atom. The number of nitrogens with zero attached hydrogens (tertiary/aromatic N) is 2. The first-order chi connectivity index (χ1) is 13.6. The molecule has 1 amide bonds. The second-order valence-electron chi connectivity index (χ2n) is 6.01. The van der Waals surface area contributed by atoms with Crippen molar-refractivity contribution in [2.75, 3.05) is 23.9 Å². The Morgan fingerprint density at radius 3 is 2.21 bits per heavy atom. The molecule has 0 aliphatic heterocycles. The van der Waals surface area contributed by atoms with Crippen molar-refractivity contribution in [3.05, 3.63) is 84.1 Å². The molecule has 1 heterocycles. The van der Waals surface area contributed by atoms with Gasteiger partial charge in [0.2, 0.25) is 0 Å². The SMILES string of the molecule is CCN(c1ccccc1)c1ccc(C(=O)Nc2ccc(C(=O)OC)cc2)cn1. The molecule has 0 radical (unpaired) electrons. The summed E-state index contributed by atoms with van der Waals surface area (Å²) in [5.41, 5.74) is 2.50. The van der Waals surface area contributed by atoms with Crippen LogP contribution in [0.5, 0.6) is 0 Å². The number of hydrogen-bond donors (Lipinski definition) is 1. The number of amides is 1. The number of para-hydroxylation sites is 1. The molecule has 0 atom stereocenters. The van der Waals surface area contributed by atoms with Crippen LogP contribution in [0.2, 0.25) is 0 Å². The first-order valence-electron chi connectivity index (χ1n) is 8.90. The third kappa shape index (κ3) is 4.35. The topological polar surface area (TPSA) is 71.5 Å². The van der Waals surface area contributed by atoms with E-state index in [1.807, 2.05) is 43.3 Å². The molecule has 3 aromatic rings. The molecular formula is C22H21N3O3. The van der Waals surface area contributed by atoms with Gasteiger partial charge in [0.05, 0.1) is 18.2 Å². The van der Waals surface area contributed by atoms with E-state index in [9.17, 15) is 9.59 Å². The summed E-state index contributed by atoms with van der Waals surface area (Å²) in [6, 6.07) is 20.0. The molecule has 0 spiro atoms. The van der Waals surface area contributed by atoms with Crippen LogP contribution < -0.4 is 10.2 Å². The number of methoxy groups -OCH3 is 1. The van der Waals surface area contributed by atoms with Crippen molar-refractivity contribution in [1.82, 2.24) is 4.98 Å². The second-order valence-corrected chi connectivity index (χ2v) is 6.01. The van der Waals surface area contributed by atoms with Crippen LogP contribution in [-0.2, 0) is 4.74 Å². The van der Waals surface area contributed by atoms with Gasteiger partial charge in [-0.25, -0.2) is 9.78 Å². The van der Waals surface area contributed by atoms with E-state index in [4.69, 9.17) is 0 Å². The van der Waals surface area contributed by atoms with Crippen LogP contribution in [-0.4, -0.2) is 30.5 Å². The Labute approximate surface area is 163 Å². The Kier molecular flexibility index (Phi) is 6.01. The molecule has 0 bridgehead atoms. The Morgan fingerprint density at radius 2 is 1.64 bits per heavy atom. The zero-order valence-electron chi connectivity index (χ0n) is 15.8. The number of rotatable bonds is 6. The number of ether oxygens (including phenoxy) is 1. The fourth-order valence-corrected chi connectivity index (χ4v) is 2.78. The number of esters is 1. The fourth-order valence-electron chi connectivity index (χ4n) is 2.78. The van der Waals surface area contributed by atoms with Crippen LogP contribution in [0.3, 0.4) is 0 Å². The van der Waals surface area contributed by atoms with Crippen molar-refractivity contribution < 1.29 is 14.3 Å². The van der Waals surface area contributed by atoms with Gasteiger partial charge in [0.15, 0.2) is 0 Å². The van der Waals surface area contributed by atoms with Crippen molar-refractivity contribution in [2.24, 2.45) is 0 Å². The highest BCUT2D eigenvalue weighted by Crippen LogP contribution is 2.23. The summed E-state index contributed by atoms with van der Waals surface area (Å²) >= 11 is 0. The molecule has 28 heavy (non-hydrogen) atoms. The van der Waals surface area contributed by atoms with E-state index in [1.54, 1.807) is 36.5 Å². The third-order valence-electron chi connectivity index (χ3n) is 4.23. The summed E-state index contributed by atoms with van der Waals surface area (Å²) in [4.78, 5) is 30.4. The number of carbonyl (C=O) groups is 2. The molecule has 0 aliphatic carbocycles. The van der Waals surface area contributed by atoms with Gasteiger partial charge in [-0.2, -0.15) is 0 Å². The van der Waals surface area contributed by atoms with Crippen LogP contribution in [0.4, 0.5) is 17.2 Å². The molecule has 3 rings (SSSR count). The highest BCUT2D eigenvalue weighted by Gasteiger charge is 2.12. The highest BCUT2D eigenvalue weighted by molar-refractivity contribution is 6.04. The van der Waals surface area contributed by atoms with Gasteiger partial charge in [0.1, 0.15) is 5.82 Å². The molecule has 6 nitrogen and oxygen atoms in total. The minimum Gasteiger partial charge on any atom is -0.465 e. The van der Waals surface area contributed by atoms with Gasteiger partial charge in [-0.3, -0.25) is 4.79 Å². The van der Waals surface area contributed by atoms with Gasteiger partial charge < -0.3 is 15.0 Å². The fraction of sp³-hybridized carbons (Fsp3) is 0.136. The molecule has 0 unspecified atom stereocenters. The summed E-state index contributed by atoms with van der Waals surface area (Å²) in [6.45, 7) is 2.81. The number of aromatic nitrogens is 1. The summed E-state index contributed by atoms with van der Waals surface area (Å²) in [5, 5.41) is 2.79. The average Bonchev–Trinajstić information content (AvgIpc) is 2.75. The number of nitrogens with one attached hydrogen (secondary N) is 1. The van der Waals surface area contributed by atoms with Gasteiger partial charge in [-0.05, 0) is 55.5 Å². The van der Waals surface area contributed by atoms with Gasteiger partial charge in [0, 0.05) is 24.1 Å². The normalized spacial score (nSPS) is 10.2. The van der Waals surface area contributed by atoms with E-state index in [0.29, 0.717) is 16.8 Å². The monoisotopic (exact) mass is 375 g/mol. The van der Waals surface area contributed by atoms with Crippen LogP contribution >= 0.6 is 0 Å². The number of carbonyl (C=O) groups excluding carboxylic acids is 2. The lowest BCUT2D eigenvalue weighted by molar-refractivity contribution is 0.0600. The van der Waals surface area contributed by atoms with Crippen LogP contribution in [0.1, 0.15) is 27.6 Å². The lowest BCUT2D eigenvalue weighted by atomic mass is 10.2. The first-order valence-corrected chi connectivity index (χ1v) is 8.90. The standard InChI is InChI=1S/C22H21N3O3/c1-3-25(19-7-5-4-6-8-19)20-14-11-17(15-23-20)21(26)24-18-12-9-16(10-13-18)22(27)28-2/h4-15H,3H2,1-2H3,(H,24,26). The average molecular weight is 375 g/mol. The molecule has 1 aromatic heterocycles. The van der Waals surface area contributed by atoms with Gasteiger partial charge >= 0.3 is 5.97 Å². The smallest absolute Gasteiger partial charge is 0.337 e. The predicted molar refractivity (Wildman–Crippen MR) is 109 cm³/mol.